The van der Waals surface area contributed by atoms with Crippen LogP contribution in [0.5, 0.6) is 0 Å². The van der Waals surface area contributed by atoms with Crippen LogP contribution in [-0.4, -0.2) is 54.2 Å². The number of fused-ring (bicyclic) bond motifs is 1. The summed E-state index contributed by atoms with van der Waals surface area (Å²) in [5, 5.41) is 6.92. The van der Waals surface area contributed by atoms with E-state index in [-0.39, 0.29) is 5.91 Å². The van der Waals surface area contributed by atoms with Crippen molar-refractivity contribution in [3.05, 3.63) is 70.4 Å². The van der Waals surface area contributed by atoms with Crippen molar-refractivity contribution in [2.75, 3.05) is 26.7 Å². The topological polar surface area (TPSA) is 86.5 Å². The van der Waals surface area contributed by atoms with E-state index in [1.165, 1.54) is 11.1 Å². The summed E-state index contributed by atoms with van der Waals surface area (Å²) >= 11 is 0. The number of carbonyl (C=O) groups is 2. The molecular weight excluding hydrogens is 452 g/mol. The average Bonchev–Trinajstić information content (AvgIpc) is 3.10. The van der Waals surface area contributed by atoms with Gasteiger partial charge in [0, 0.05) is 41.8 Å². The highest BCUT2D eigenvalue weighted by Gasteiger charge is 2.15. The molecule has 0 aliphatic heterocycles. The maximum atomic E-state index is 12.6. The molecule has 0 spiro atoms. The molecule has 0 radical (unpaired) electrons. The Kier molecular flexibility index (Phi) is 9.15. The fourth-order valence-corrected chi connectivity index (χ4v) is 4.04. The number of benzene rings is 2. The van der Waals surface area contributed by atoms with Gasteiger partial charge in [0.2, 0.25) is 0 Å². The molecule has 3 aromatic rings. The number of alkyl carbamates (subject to hydrolysis) is 1. The summed E-state index contributed by atoms with van der Waals surface area (Å²) < 4.78 is 5.26. The lowest BCUT2D eigenvalue weighted by atomic mass is 10.1. The van der Waals surface area contributed by atoms with Crippen LogP contribution >= 0.6 is 0 Å². The first-order valence-electron chi connectivity index (χ1n) is 12.6. The molecule has 0 saturated carbocycles. The van der Waals surface area contributed by atoms with Crippen molar-refractivity contribution in [3.63, 3.8) is 0 Å². The molecule has 7 nitrogen and oxygen atoms in total. The lowest BCUT2D eigenvalue weighted by Gasteiger charge is -2.19. The second-order valence-corrected chi connectivity index (χ2v) is 10.5. The molecule has 0 aliphatic carbocycles. The van der Waals surface area contributed by atoms with Crippen LogP contribution in [0.15, 0.2) is 42.5 Å². The van der Waals surface area contributed by atoms with Crippen molar-refractivity contribution in [1.82, 2.24) is 20.5 Å². The van der Waals surface area contributed by atoms with E-state index in [0.29, 0.717) is 18.7 Å². The molecule has 0 saturated heterocycles. The first-order valence-corrected chi connectivity index (χ1v) is 12.6. The van der Waals surface area contributed by atoms with Gasteiger partial charge in [-0.2, -0.15) is 0 Å². The minimum absolute atomic E-state index is 0.0372. The van der Waals surface area contributed by atoms with Crippen molar-refractivity contribution in [1.29, 1.82) is 0 Å². The predicted molar refractivity (Wildman–Crippen MR) is 145 cm³/mol. The molecule has 0 aliphatic rings. The van der Waals surface area contributed by atoms with Gasteiger partial charge in [0.05, 0.1) is 0 Å². The Morgan fingerprint density at radius 2 is 1.67 bits per heavy atom. The van der Waals surface area contributed by atoms with Gasteiger partial charge in [0.15, 0.2) is 0 Å². The summed E-state index contributed by atoms with van der Waals surface area (Å²) in [7, 11) is 2.08. The third-order valence-corrected chi connectivity index (χ3v) is 6.21. The van der Waals surface area contributed by atoms with Gasteiger partial charge in [0.1, 0.15) is 5.60 Å². The van der Waals surface area contributed by atoms with Crippen molar-refractivity contribution >= 4 is 22.9 Å². The number of nitrogens with zero attached hydrogens (tertiary/aromatic N) is 1. The largest absolute Gasteiger partial charge is 0.444 e. The van der Waals surface area contributed by atoms with Crippen LogP contribution in [0.3, 0.4) is 0 Å². The number of hydrogen-bond donors (Lipinski definition) is 3. The van der Waals surface area contributed by atoms with E-state index in [1.807, 2.05) is 58.0 Å². The van der Waals surface area contributed by atoms with Crippen LogP contribution in [0.25, 0.3) is 10.9 Å². The number of H-pyrrole nitrogens is 1. The number of aromatic nitrogens is 1. The zero-order chi connectivity index (χ0) is 26.3. The number of nitrogens with one attached hydrogen (secondary N) is 3. The molecular formula is C29H40N4O3. The zero-order valence-electron chi connectivity index (χ0n) is 22.5. The number of aromatic amines is 1. The quantitative estimate of drug-likeness (QED) is 0.367. The molecule has 3 rings (SSSR count). The van der Waals surface area contributed by atoms with Crippen molar-refractivity contribution in [2.45, 2.75) is 59.6 Å². The third kappa shape index (κ3) is 8.12. The number of hydrogen-bond acceptors (Lipinski definition) is 4. The molecule has 1 aromatic heterocycles. The maximum absolute atomic E-state index is 12.6. The number of likely N-dealkylation sites (N-methyl/N-ethyl adjacent to an activating group) is 1. The van der Waals surface area contributed by atoms with E-state index in [2.05, 4.69) is 46.6 Å². The van der Waals surface area contributed by atoms with Crippen LogP contribution in [0.4, 0.5) is 4.79 Å². The summed E-state index contributed by atoms with van der Waals surface area (Å²) in [4.78, 5) is 30.0. The monoisotopic (exact) mass is 492 g/mol. The molecule has 2 aromatic carbocycles. The number of ether oxygens (including phenoxy) is 1. The number of carbonyl (C=O) groups excluding carboxylic acids is 2. The molecule has 3 N–H and O–H groups in total. The molecule has 194 valence electrons. The third-order valence-electron chi connectivity index (χ3n) is 6.21. The smallest absolute Gasteiger partial charge is 0.407 e. The van der Waals surface area contributed by atoms with Crippen molar-refractivity contribution in [3.8, 4) is 0 Å². The highest BCUT2D eigenvalue weighted by molar-refractivity contribution is 5.99. The average molecular weight is 493 g/mol. The van der Waals surface area contributed by atoms with E-state index in [0.717, 1.165) is 48.1 Å². The van der Waals surface area contributed by atoms with E-state index in [9.17, 15) is 9.59 Å². The standard InChI is InChI=1S/C29H40N4O3/c1-20-21(2)32-26-14-13-24(18-25(20)26)27(34)30-15-17-33(6)16-7-8-22-9-11-23(12-10-22)19-31-28(35)36-29(3,4)5/h9-14,18,32H,7-8,15-17,19H2,1-6H3,(H,30,34)(H,31,35). The van der Waals surface area contributed by atoms with Gasteiger partial charge in [0.25, 0.3) is 5.91 Å². The molecule has 7 heteroatoms. The molecule has 36 heavy (non-hydrogen) atoms. The Balaban J connectivity index is 1.34. The molecule has 0 fully saturated rings. The summed E-state index contributed by atoms with van der Waals surface area (Å²) in [5.74, 6) is -0.0372. The fraction of sp³-hybridized carbons (Fsp3) is 0.448. The highest BCUT2D eigenvalue weighted by atomic mass is 16.6. The van der Waals surface area contributed by atoms with Crippen LogP contribution in [-0.2, 0) is 17.7 Å². The summed E-state index contributed by atoms with van der Waals surface area (Å²) in [6, 6.07) is 14.1. The van der Waals surface area contributed by atoms with Crippen LogP contribution in [0.2, 0.25) is 0 Å². The summed E-state index contributed by atoms with van der Waals surface area (Å²) in [6.07, 6.45) is 1.60. The van der Waals surface area contributed by atoms with E-state index in [1.54, 1.807) is 0 Å². The fourth-order valence-electron chi connectivity index (χ4n) is 4.04. The van der Waals surface area contributed by atoms with Crippen LogP contribution in [0.1, 0.15) is 59.9 Å². The highest BCUT2D eigenvalue weighted by Crippen LogP contribution is 2.22. The van der Waals surface area contributed by atoms with E-state index >= 15 is 0 Å². The second kappa shape index (κ2) is 12.1. The van der Waals surface area contributed by atoms with E-state index in [4.69, 9.17) is 4.74 Å². The molecule has 1 heterocycles. The van der Waals surface area contributed by atoms with E-state index < -0.39 is 11.7 Å². The van der Waals surface area contributed by atoms with Crippen molar-refractivity contribution in [2.24, 2.45) is 0 Å². The Hall–Kier alpha value is -3.32. The van der Waals surface area contributed by atoms with Gasteiger partial charge >= 0.3 is 6.09 Å². The number of rotatable bonds is 10. The van der Waals surface area contributed by atoms with Gasteiger partial charge in [-0.1, -0.05) is 24.3 Å². The van der Waals surface area contributed by atoms with Gasteiger partial charge in [-0.3, -0.25) is 4.79 Å². The minimum atomic E-state index is -0.497. The molecule has 2 amide bonds. The summed E-state index contributed by atoms with van der Waals surface area (Å²) in [5.41, 5.74) is 5.89. The van der Waals surface area contributed by atoms with Gasteiger partial charge in [-0.05, 0) is 95.9 Å². The Morgan fingerprint density at radius 3 is 2.36 bits per heavy atom. The minimum Gasteiger partial charge on any atom is -0.444 e. The molecule has 0 unspecified atom stereocenters. The van der Waals surface area contributed by atoms with Crippen molar-refractivity contribution < 1.29 is 14.3 Å². The molecule has 0 bridgehead atoms. The SMILES string of the molecule is Cc1[nH]c2ccc(C(=O)NCCN(C)CCCc3ccc(CNC(=O)OC(C)(C)C)cc3)cc2c1C. The van der Waals surface area contributed by atoms with Gasteiger partial charge in [-0.25, -0.2) is 4.79 Å². The van der Waals surface area contributed by atoms with Crippen LogP contribution in [0, 0.1) is 13.8 Å². The summed E-state index contributed by atoms with van der Waals surface area (Å²) in [6.45, 7) is 12.5. The Labute approximate surface area is 214 Å². The zero-order valence-corrected chi connectivity index (χ0v) is 22.5. The molecule has 0 atom stereocenters. The number of aryl methyl sites for hydroxylation is 3. The lowest BCUT2D eigenvalue weighted by molar-refractivity contribution is 0.0523. The first kappa shape index (κ1) is 27.3. The van der Waals surface area contributed by atoms with Crippen LogP contribution < -0.4 is 10.6 Å². The Morgan fingerprint density at radius 1 is 0.972 bits per heavy atom. The normalized spacial score (nSPS) is 11.6. The predicted octanol–water partition coefficient (Wildman–Crippen LogP) is 5.10. The second-order valence-electron chi connectivity index (χ2n) is 10.5. The first-order chi connectivity index (χ1) is 17.0. The maximum Gasteiger partial charge on any atom is 0.407 e. The van der Waals surface area contributed by atoms with Gasteiger partial charge in [-0.15, -0.1) is 0 Å². The lowest BCUT2D eigenvalue weighted by Crippen LogP contribution is -2.33. The Bertz CT molecular complexity index is 1180. The number of amides is 2. The van der Waals surface area contributed by atoms with Gasteiger partial charge < -0.3 is 25.3 Å².